The SMILES string of the molecule is Cc1ccc(NC(=O)CN2C(=O)S/C(=C\c3cc4c(cc3C)N(C(C)C)C(C)(C)C[C@@H]4C)C2=O)c(C)c1. The second-order valence-corrected chi connectivity index (χ2v) is 12.3. The Labute approximate surface area is 224 Å². The lowest BCUT2D eigenvalue weighted by molar-refractivity contribution is -0.127. The summed E-state index contributed by atoms with van der Waals surface area (Å²) in [7, 11) is 0. The van der Waals surface area contributed by atoms with Gasteiger partial charge in [-0.15, -0.1) is 0 Å². The zero-order chi connectivity index (χ0) is 27.2. The minimum Gasteiger partial charge on any atom is -0.364 e. The van der Waals surface area contributed by atoms with Crippen LogP contribution in [-0.4, -0.2) is 40.1 Å². The van der Waals surface area contributed by atoms with Crippen molar-refractivity contribution in [2.45, 2.75) is 79.3 Å². The molecule has 0 unspecified atom stereocenters. The monoisotopic (exact) mass is 519 g/mol. The van der Waals surface area contributed by atoms with Crippen LogP contribution in [0.2, 0.25) is 0 Å². The molecule has 2 aliphatic rings. The standard InChI is InChI=1S/C30H37N3O3S/c1-17(2)33-25-12-19(4)22(13-23(25)21(6)15-30(33,7)8)14-26-28(35)32(29(36)37-26)16-27(34)31-24-10-9-18(3)11-20(24)5/h9-14,17,21H,15-16H2,1-8H3,(H,31,34)/b26-14-/t21-/m0/s1. The fourth-order valence-corrected chi connectivity index (χ4v) is 6.64. The molecule has 2 aromatic rings. The van der Waals surface area contributed by atoms with E-state index < -0.39 is 17.1 Å². The molecule has 0 aromatic heterocycles. The number of hydrogen-bond acceptors (Lipinski definition) is 5. The summed E-state index contributed by atoms with van der Waals surface area (Å²) in [6.07, 6.45) is 2.83. The molecule has 1 saturated heterocycles. The molecule has 1 fully saturated rings. The van der Waals surface area contributed by atoms with E-state index in [2.05, 4.69) is 57.0 Å². The first-order chi connectivity index (χ1) is 17.3. The number of carbonyl (C=O) groups is 3. The van der Waals surface area contributed by atoms with Crippen molar-refractivity contribution in [1.29, 1.82) is 0 Å². The van der Waals surface area contributed by atoms with Crippen molar-refractivity contribution in [1.82, 2.24) is 4.90 Å². The van der Waals surface area contributed by atoms with E-state index in [0.29, 0.717) is 22.6 Å². The number of nitrogens with one attached hydrogen (secondary N) is 1. The third kappa shape index (κ3) is 5.33. The van der Waals surface area contributed by atoms with E-state index in [-0.39, 0.29) is 12.1 Å². The number of fused-ring (bicyclic) bond motifs is 1. The Morgan fingerprint density at radius 1 is 1.14 bits per heavy atom. The molecule has 6 nitrogen and oxygen atoms in total. The zero-order valence-corrected chi connectivity index (χ0v) is 23.9. The fourth-order valence-electron chi connectivity index (χ4n) is 5.81. The number of benzene rings is 2. The van der Waals surface area contributed by atoms with Crippen molar-refractivity contribution < 1.29 is 14.4 Å². The van der Waals surface area contributed by atoms with E-state index in [1.165, 1.54) is 11.3 Å². The van der Waals surface area contributed by atoms with Gasteiger partial charge in [0.25, 0.3) is 11.1 Å². The minimum atomic E-state index is -0.430. The summed E-state index contributed by atoms with van der Waals surface area (Å²) in [4.78, 5) is 42.3. The predicted molar refractivity (Wildman–Crippen MR) is 153 cm³/mol. The molecule has 37 heavy (non-hydrogen) atoms. The Morgan fingerprint density at radius 3 is 2.49 bits per heavy atom. The van der Waals surface area contributed by atoms with Crippen LogP contribution in [0.15, 0.2) is 35.2 Å². The van der Waals surface area contributed by atoms with Gasteiger partial charge in [0.2, 0.25) is 5.91 Å². The lowest BCUT2D eigenvalue weighted by Gasteiger charge is -2.50. The molecule has 0 aliphatic carbocycles. The van der Waals surface area contributed by atoms with Gasteiger partial charge in [0.1, 0.15) is 6.54 Å². The average molecular weight is 520 g/mol. The maximum Gasteiger partial charge on any atom is 0.294 e. The molecule has 196 valence electrons. The Balaban J connectivity index is 1.57. The first-order valence-electron chi connectivity index (χ1n) is 12.8. The second kappa shape index (κ2) is 10.0. The highest BCUT2D eigenvalue weighted by Crippen LogP contribution is 2.46. The summed E-state index contributed by atoms with van der Waals surface area (Å²) in [5.74, 6) is -0.455. The Bertz CT molecular complexity index is 1310. The van der Waals surface area contributed by atoms with Gasteiger partial charge in [0, 0.05) is 23.0 Å². The van der Waals surface area contributed by atoms with Gasteiger partial charge in [0.05, 0.1) is 4.91 Å². The van der Waals surface area contributed by atoms with Crippen molar-refractivity contribution in [2.24, 2.45) is 0 Å². The molecule has 1 N–H and O–H groups in total. The largest absolute Gasteiger partial charge is 0.364 e. The first kappa shape index (κ1) is 27.0. The molecule has 7 heteroatoms. The maximum atomic E-state index is 13.1. The summed E-state index contributed by atoms with van der Waals surface area (Å²) in [5, 5.41) is 2.39. The van der Waals surface area contributed by atoms with Gasteiger partial charge in [-0.3, -0.25) is 19.3 Å². The van der Waals surface area contributed by atoms with Gasteiger partial charge >= 0.3 is 0 Å². The molecule has 2 aromatic carbocycles. The number of carbonyl (C=O) groups excluding carboxylic acids is 3. The molecule has 0 bridgehead atoms. The van der Waals surface area contributed by atoms with Crippen molar-refractivity contribution >= 4 is 46.3 Å². The van der Waals surface area contributed by atoms with Crippen LogP contribution >= 0.6 is 11.8 Å². The van der Waals surface area contributed by atoms with E-state index in [4.69, 9.17) is 0 Å². The van der Waals surface area contributed by atoms with Crippen molar-refractivity contribution in [3.05, 3.63) is 63.1 Å². The second-order valence-electron chi connectivity index (χ2n) is 11.3. The molecule has 2 aliphatic heterocycles. The molecule has 0 spiro atoms. The molecule has 2 heterocycles. The van der Waals surface area contributed by atoms with Crippen LogP contribution in [0.5, 0.6) is 0 Å². The molecular weight excluding hydrogens is 482 g/mol. The van der Waals surface area contributed by atoms with E-state index in [0.717, 1.165) is 45.3 Å². The number of hydrogen-bond donors (Lipinski definition) is 1. The lowest BCUT2D eigenvalue weighted by Crippen LogP contribution is -2.51. The van der Waals surface area contributed by atoms with Crippen LogP contribution in [-0.2, 0) is 9.59 Å². The average Bonchev–Trinajstić information content (AvgIpc) is 3.03. The van der Waals surface area contributed by atoms with E-state index in [9.17, 15) is 14.4 Å². The predicted octanol–water partition coefficient (Wildman–Crippen LogP) is 6.79. The molecule has 3 amide bonds. The number of anilines is 2. The Hall–Kier alpha value is -3.06. The van der Waals surface area contributed by atoms with Crippen molar-refractivity contribution in [3.8, 4) is 0 Å². The van der Waals surface area contributed by atoms with Gasteiger partial charge < -0.3 is 10.2 Å². The smallest absolute Gasteiger partial charge is 0.294 e. The Kier molecular flexibility index (Phi) is 7.30. The van der Waals surface area contributed by atoms with Gasteiger partial charge in [-0.05, 0) is 119 Å². The van der Waals surface area contributed by atoms with Crippen molar-refractivity contribution in [2.75, 3.05) is 16.8 Å². The maximum absolute atomic E-state index is 13.1. The fraction of sp³-hybridized carbons (Fsp3) is 0.433. The highest BCUT2D eigenvalue weighted by Gasteiger charge is 2.39. The number of aryl methyl sites for hydroxylation is 3. The Morgan fingerprint density at radius 2 is 1.84 bits per heavy atom. The molecular formula is C30H37N3O3S. The van der Waals surface area contributed by atoms with E-state index in [1.54, 1.807) is 6.08 Å². The number of amides is 3. The van der Waals surface area contributed by atoms with Gasteiger partial charge in [-0.1, -0.05) is 24.6 Å². The topological polar surface area (TPSA) is 69.7 Å². The number of nitrogens with zero attached hydrogens (tertiary/aromatic N) is 2. The highest BCUT2D eigenvalue weighted by molar-refractivity contribution is 8.18. The van der Waals surface area contributed by atoms with Gasteiger partial charge in [-0.2, -0.15) is 0 Å². The molecule has 1 atom stereocenters. The quantitative estimate of drug-likeness (QED) is 0.441. The van der Waals surface area contributed by atoms with E-state index in [1.807, 2.05) is 39.0 Å². The van der Waals surface area contributed by atoms with Gasteiger partial charge in [-0.25, -0.2) is 0 Å². The summed E-state index contributed by atoms with van der Waals surface area (Å²) in [6, 6.07) is 10.5. The van der Waals surface area contributed by atoms with Crippen LogP contribution in [0.4, 0.5) is 16.2 Å². The lowest BCUT2D eigenvalue weighted by atomic mass is 9.78. The van der Waals surface area contributed by atoms with E-state index >= 15 is 0 Å². The summed E-state index contributed by atoms with van der Waals surface area (Å²) in [5.41, 5.74) is 7.23. The van der Waals surface area contributed by atoms with Crippen LogP contribution in [0.3, 0.4) is 0 Å². The first-order valence-corrected chi connectivity index (χ1v) is 13.7. The van der Waals surface area contributed by atoms with Gasteiger partial charge in [0.15, 0.2) is 0 Å². The van der Waals surface area contributed by atoms with Crippen LogP contribution < -0.4 is 10.2 Å². The number of thioether (sulfide) groups is 1. The number of imide groups is 1. The zero-order valence-electron chi connectivity index (χ0n) is 23.1. The number of rotatable bonds is 5. The third-order valence-electron chi connectivity index (χ3n) is 7.30. The molecule has 0 radical (unpaired) electrons. The van der Waals surface area contributed by atoms with Crippen LogP contribution in [0.25, 0.3) is 6.08 Å². The minimum absolute atomic E-state index is 0.0505. The van der Waals surface area contributed by atoms with Crippen molar-refractivity contribution in [3.63, 3.8) is 0 Å². The molecule has 4 rings (SSSR count). The third-order valence-corrected chi connectivity index (χ3v) is 8.21. The summed E-state index contributed by atoms with van der Waals surface area (Å²) in [6.45, 7) is 16.9. The summed E-state index contributed by atoms with van der Waals surface area (Å²) < 4.78 is 0. The summed E-state index contributed by atoms with van der Waals surface area (Å²) >= 11 is 0.890. The molecule has 0 saturated carbocycles. The van der Waals surface area contributed by atoms with Crippen LogP contribution in [0, 0.1) is 20.8 Å². The normalized spacial score (nSPS) is 20.1. The van der Waals surface area contributed by atoms with Crippen LogP contribution in [0.1, 0.15) is 74.8 Å². The highest BCUT2D eigenvalue weighted by atomic mass is 32.2.